The number of carbonyl (C=O) groups excluding carboxylic acids is 3. The summed E-state index contributed by atoms with van der Waals surface area (Å²) in [6, 6.07) is 5.34. The lowest BCUT2D eigenvalue weighted by molar-refractivity contribution is -0.135. The van der Waals surface area contributed by atoms with E-state index in [9.17, 15) is 14.4 Å². The van der Waals surface area contributed by atoms with Crippen LogP contribution in [0.4, 0.5) is 4.79 Å². The van der Waals surface area contributed by atoms with Gasteiger partial charge in [0.1, 0.15) is 6.54 Å². The molecule has 7 nitrogen and oxygen atoms in total. The molecule has 2 saturated heterocycles. The highest BCUT2D eigenvalue weighted by atomic mass is 32.2. The molecule has 0 N–H and O–H groups in total. The van der Waals surface area contributed by atoms with Crippen LogP contribution in [0.3, 0.4) is 0 Å². The van der Waals surface area contributed by atoms with Gasteiger partial charge in [-0.15, -0.1) is 0 Å². The van der Waals surface area contributed by atoms with Crippen molar-refractivity contribution in [2.24, 2.45) is 0 Å². The van der Waals surface area contributed by atoms with E-state index in [0.717, 1.165) is 29.5 Å². The Labute approximate surface area is 162 Å². The van der Waals surface area contributed by atoms with Gasteiger partial charge in [0.2, 0.25) is 5.91 Å². The summed E-state index contributed by atoms with van der Waals surface area (Å²) in [6.45, 7) is 3.46. The molecule has 2 aliphatic rings. The Kier molecular flexibility index (Phi) is 6.05. The van der Waals surface area contributed by atoms with E-state index in [1.165, 1.54) is 0 Å². The highest BCUT2D eigenvalue weighted by Gasteiger charge is 2.37. The van der Waals surface area contributed by atoms with Crippen molar-refractivity contribution < 1.29 is 23.9 Å². The van der Waals surface area contributed by atoms with Gasteiger partial charge in [0.25, 0.3) is 11.1 Å². The van der Waals surface area contributed by atoms with Crippen molar-refractivity contribution in [3.63, 3.8) is 0 Å². The second-order valence-electron chi connectivity index (χ2n) is 6.17. The first kappa shape index (κ1) is 19.3. The average Bonchev–Trinajstić information content (AvgIpc) is 3.28. The van der Waals surface area contributed by atoms with E-state index in [2.05, 4.69) is 0 Å². The molecule has 0 radical (unpaired) electrons. The molecular weight excluding hydrogens is 368 g/mol. The van der Waals surface area contributed by atoms with E-state index in [-0.39, 0.29) is 17.4 Å². The van der Waals surface area contributed by atoms with Gasteiger partial charge in [0, 0.05) is 18.7 Å². The fraction of sp³-hybridized carbons (Fsp3) is 0.421. The number of benzene rings is 1. The molecule has 2 fully saturated rings. The Morgan fingerprint density at radius 2 is 2.00 bits per heavy atom. The Morgan fingerprint density at radius 3 is 2.67 bits per heavy atom. The summed E-state index contributed by atoms with van der Waals surface area (Å²) in [7, 11) is 1.54. The summed E-state index contributed by atoms with van der Waals surface area (Å²) in [6.07, 6.45) is 3.53. The summed E-state index contributed by atoms with van der Waals surface area (Å²) >= 11 is 0.833. The summed E-state index contributed by atoms with van der Waals surface area (Å²) in [5.41, 5.74) is 0.646. The predicted molar refractivity (Wildman–Crippen MR) is 103 cm³/mol. The minimum atomic E-state index is -0.456. The van der Waals surface area contributed by atoms with Gasteiger partial charge in [0.15, 0.2) is 11.5 Å². The summed E-state index contributed by atoms with van der Waals surface area (Å²) in [5.74, 6) is 0.423. The van der Waals surface area contributed by atoms with Crippen LogP contribution < -0.4 is 9.47 Å². The molecule has 2 heterocycles. The van der Waals surface area contributed by atoms with Crippen molar-refractivity contribution in [1.82, 2.24) is 9.80 Å². The fourth-order valence-electron chi connectivity index (χ4n) is 3.09. The van der Waals surface area contributed by atoms with Gasteiger partial charge in [0.05, 0.1) is 18.6 Å². The smallest absolute Gasteiger partial charge is 0.294 e. The maximum atomic E-state index is 12.7. The molecule has 144 valence electrons. The minimum Gasteiger partial charge on any atom is -0.493 e. The molecule has 0 aliphatic carbocycles. The molecule has 3 amide bonds. The molecule has 1 aromatic rings. The van der Waals surface area contributed by atoms with E-state index >= 15 is 0 Å². The second kappa shape index (κ2) is 8.47. The van der Waals surface area contributed by atoms with Gasteiger partial charge in [-0.1, -0.05) is 12.1 Å². The first-order chi connectivity index (χ1) is 13.0. The number of likely N-dealkylation sites (tertiary alicyclic amines) is 1. The molecule has 0 aromatic heterocycles. The van der Waals surface area contributed by atoms with Crippen molar-refractivity contribution in [1.29, 1.82) is 0 Å². The van der Waals surface area contributed by atoms with Gasteiger partial charge in [-0.05, 0) is 43.7 Å². The number of carbonyl (C=O) groups is 3. The largest absolute Gasteiger partial charge is 0.493 e. The van der Waals surface area contributed by atoms with Gasteiger partial charge >= 0.3 is 0 Å². The van der Waals surface area contributed by atoms with Gasteiger partial charge in [-0.3, -0.25) is 19.3 Å². The summed E-state index contributed by atoms with van der Waals surface area (Å²) in [4.78, 5) is 40.2. The molecule has 3 rings (SSSR count). The van der Waals surface area contributed by atoms with Crippen molar-refractivity contribution >= 4 is 34.9 Å². The van der Waals surface area contributed by atoms with E-state index in [1.807, 2.05) is 6.92 Å². The highest BCUT2D eigenvalue weighted by Crippen LogP contribution is 2.37. The van der Waals surface area contributed by atoms with Crippen LogP contribution in [0.5, 0.6) is 11.5 Å². The standard InChI is InChI=1S/C19H22N2O5S/c1-3-26-17-13(7-6-8-14(17)25-2)11-15-18(23)21(19(24)27-15)12-16(22)20-9-4-5-10-20/h6-8,11H,3-5,9-10,12H2,1-2H3/b15-11+. The van der Waals surface area contributed by atoms with E-state index in [0.29, 0.717) is 36.8 Å². The molecule has 0 bridgehead atoms. The Bertz CT molecular complexity index is 786. The third-order valence-electron chi connectivity index (χ3n) is 4.43. The number of para-hydroxylation sites is 1. The monoisotopic (exact) mass is 390 g/mol. The molecule has 0 unspecified atom stereocenters. The van der Waals surface area contributed by atoms with Crippen LogP contribution in [-0.4, -0.2) is 60.2 Å². The van der Waals surface area contributed by atoms with E-state index in [1.54, 1.807) is 36.3 Å². The van der Waals surface area contributed by atoms with Crippen LogP contribution in [0.1, 0.15) is 25.3 Å². The van der Waals surface area contributed by atoms with E-state index < -0.39 is 11.1 Å². The number of amides is 3. The van der Waals surface area contributed by atoms with Crippen LogP contribution in [0, 0.1) is 0 Å². The number of nitrogens with zero attached hydrogens (tertiary/aromatic N) is 2. The van der Waals surface area contributed by atoms with Crippen LogP contribution >= 0.6 is 11.8 Å². The van der Waals surface area contributed by atoms with Crippen LogP contribution in [0.15, 0.2) is 23.1 Å². The SMILES string of the molecule is CCOc1c(/C=C2/SC(=O)N(CC(=O)N3CCCC3)C2=O)cccc1OC. The lowest BCUT2D eigenvalue weighted by Gasteiger charge is -2.18. The number of imide groups is 1. The van der Waals surface area contributed by atoms with Crippen molar-refractivity contribution in [2.45, 2.75) is 19.8 Å². The first-order valence-electron chi connectivity index (χ1n) is 8.88. The topological polar surface area (TPSA) is 76.2 Å². The molecule has 27 heavy (non-hydrogen) atoms. The zero-order chi connectivity index (χ0) is 19.4. The molecule has 0 spiro atoms. The molecule has 2 aliphatic heterocycles. The van der Waals surface area contributed by atoms with Crippen LogP contribution in [-0.2, 0) is 9.59 Å². The highest BCUT2D eigenvalue weighted by molar-refractivity contribution is 8.18. The molecule has 8 heteroatoms. The van der Waals surface area contributed by atoms with Gasteiger partial charge in [-0.2, -0.15) is 0 Å². The predicted octanol–water partition coefficient (Wildman–Crippen LogP) is 2.75. The van der Waals surface area contributed by atoms with Gasteiger partial charge < -0.3 is 14.4 Å². The van der Waals surface area contributed by atoms with Crippen molar-refractivity contribution in [2.75, 3.05) is 33.4 Å². The third-order valence-corrected chi connectivity index (χ3v) is 5.34. The fourth-order valence-corrected chi connectivity index (χ4v) is 3.91. The van der Waals surface area contributed by atoms with Crippen molar-refractivity contribution in [3.8, 4) is 11.5 Å². The normalized spacial score (nSPS) is 18.5. The second-order valence-corrected chi connectivity index (χ2v) is 7.16. The van der Waals surface area contributed by atoms with Crippen LogP contribution in [0.25, 0.3) is 6.08 Å². The minimum absolute atomic E-state index is 0.188. The number of thioether (sulfide) groups is 1. The average molecular weight is 390 g/mol. The lowest BCUT2D eigenvalue weighted by atomic mass is 10.1. The zero-order valence-electron chi connectivity index (χ0n) is 15.4. The lowest BCUT2D eigenvalue weighted by Crippen LogP contribution is -2.40. The number of hydrogen-bond acceptors (Lipinski definition) is 6. The maximum Gasteiger partial charge on any atom is 0.294 e. The maximum absolute atomic E-state index is 12.7. The van der Waals surface area contributed by atoms with Crippen molar-refractivity contribution in [3.05, 3.63) is 28.7 Å². The zero-order valence-corrected chi connectivity index (χ0v) is 16.2. The molecule has 0 atom stereocenters. The Morgan fingerprint density at radius 1 is 1.26 bits per heavy atom. The number of ether oxygens (including phenoxy) is 2. The first-order valence-corrected chi connectivity index (χ1v) is 9.69. The van der Waals surface area contributed by atoms with E-state index in [4.69, 9.17) is 9.47 Å². The number of hydrogen-bond donors (Lipinski definition) is 0. The number of methoxy groups -OCH3 is 1. The Balaban J connectivity index is 1.81. The molecular formula is C19H22N2O5S. The quantitative estimate of drug-likeness (QED) is 0.695. The third kappa shape index (κ3) is 4.10. The number of rotatable bonds is 6. The molecule has 0 saturated carbocycles. The molecule has 1 aromatic carbocycles. The summed E-state index contributed by atoms with van der Waals surface area (Å²) in [5, 5.41) is -0.431. The summed E-state index contributed by atoms with van der Waals surface area (Å²) < 4.78 is 10.9. The Hall–Kier alpha value is -2.48. The van der Waals surface area contributed by atoms with Crippen LogP contribution in [0.2, 0.25) is 0 Å². The van der Waals surface area contributed by atoms with Gasteiger partial charge in [-0.25, -0.2) is 0 Å².